The normalized spacial score (nSPS) is 17.3. The van der Waals surface area contributed by atoms with Crippen molar-refractivity contribution in [1.29, 1.82) is 0 Å². The zero-order valence-electron chi connectivity index (χ0n) is 9.43. The van der Waals surface area contributed by atoms with Gasteiger partial charge < -0.3 is 10.6 Å². The Kier molecular flexibility index (Phi) is 6.09. The summed E-state index contributed by atoms with van der Waals surface area (Å²) in [6.07, 6.45) is 8.86. The zero-order chi connectivity index (χ0) is 10.9. The van der Waals surface area contributed by atoms with Crippen molar-refractivity contribution in [2.75, 3.05) is 13.1 Å². The highest BCUT2D eigenvalue weighted by Crippen LogP contribution is 2.16. The monoisotopic (exact) mass is 210 g/mol. The Hall–Kier alpha value is -0.830. The second-order valence-electron chi connectivity index (χ2n) is 4.13. The molecule has 0 heterocycles. The minimum Gasteiger partial charge on any atom is -0.353 e. The third-order valence-electron chi connectivity index (χ3n) is 2.83. The third-order valence-corrected chi connectivity index (χ3v) is 2.83. The Morgan fingerprint density at radius 3 is 2.73 bits per heavy atom. The maximum Gasteiger partial charge on any atom is 0.221 e. The van der Waals surface area contributed by atoms with Gasteiger partial charge in [-0.25, -0.2) is 0 Å². The van der Waals surface area contributed by atoms with Gasteiger partial charge in [0.2, 0.25) is 5.91 Å². The summed E-state index contributed by atoms with van der Waals surface area (Å²) in [5.74, 6) is 0.109. The number of carbonyl (C=O) groups is 1. The molecule has 0 unspecified atom stereocenters. The van der Waals surface area contributed by atoms with Crippen LogP contribution in [0.3, 0.4) is 0 Å². The summed E-state index contributed by atoms with van der Waals surface area (Å²) in [6.45, 7) is 4.93. The molecule has 1 aliphatic rings. The first-order valence-electron chi connectivity index (χ1n) is 5.94. The van der Waals surface area contributed by atoms with Gasteiger partial charge in [0.25, 0.3) is 0 Å². The Morgan fingerprint density at radius 1 is 1.33 bits per heavy atom. The minimum atomic E-state index is 0.109. The van der Waals surface area contributed by atoms with E-state index in [-0.39, 0.29) is 5.91 Å². The van der Waals surface area contributed by atoms with Crippen molar-refractivity contribution in [2.24, 2.45) is 0 Å². The zero-order valence-corrected chi connectivity index (χ0v) is 9.43. The SMILES string of the molecule is C=CCNC(=O)CCNC1CCCCC1. The molecular formula is C12H22N2O. The van der Waals surface area contributed by atoms with Crippen LogP contribution in [0.15, 0.2) is 12.7 Å². The van der Waals surface area contributed by atoms with E-state index in [1.54, 1.807) is 6.08 Å². The fourth-order valence-corrected chi connectivity index (χ4v) is 1.97. The van der Waals surface area contributed by atoms with Crippen molar-refractivity contribution in [1.82, 2.24) is 10.6 Å². The predicted molar refractivity (Wildman–Crippen MR) is 62.7 cm³/mol. The first kappa shape index (κ1) is 12.2. The number of nitrogens with one attached hydrogen (secondary N) is 2. The molecule has 15 heavy (non-hydrogen) atoms. The second-order valence-corrected chi connectivity index (χ2v) is 4.13. The molecule has 86 valence electrons. The maximum absolute atomic E-state index is 11.2. The van der Waals surface area contributed by atoms with Crippen LogP contribution in [0.25, 0.3) is 0 Å². The smallest absolute Gasteiger partial charge is 0.221 e. The lowest BCUT2D eigenvalue weighted by molar-refractivity contribution is -0.120. The van der Waals surface area contributed by atoms with Crippen molar-refractivity contribution in [2.45, 2.75) is 44.6 Å². The Morgan fingerprint density at radius 2 is 2.07 bits per heavy atom. The number of carbonyl (C=O) groups excluding carboxylic acids is 1. The molecule has 1 rings (SSSR count). The molecule has 3 nitrogen and oxygen atoms in total. The average molecular weight is 210 g/mol. The van der Waals surface area contributed by atoms with Crippen LogP contribution >= 0.6 is 0 Å². The molecule has 0 saturated heterocycles. The molecule has 3 heteroatoms. The molecule has 0 spiro atoms. The van der Waals surface area contributed by atoms with Gasteiger partial charge in [0.05, 0.1) is 0 Å². The lowest BCUT2D eigenvalue weighted by Crippen LogP contribution is -2.34. The van der Waals surface area contributed by atoms with Crippen molar-refractivity contribution >= 4 is 5.91 Å². The van der Waals surface area contributed by atoms with E-state index >= 15 is 0 Å². The quantitative estimate of drug-likeness (QED) is 0.654. The average Bonchev–Trinajstić information content (AvgIpc) is 2.28. The summed E-state index contributed by atoms with van der Waals surface area (Å²) in [5.41, 5.74) is 0. The molecule has 2 N–H and O–H groups in total. The highest BCUT2D eigenvalue weighted by molar-refractivity contribution is 5.76. The number of amides is 1. The summed E-state index contributed by atoms with van der Waals surface area (Å²) in [5, 5.41) is 6.22. The van der Waals surface area contributed by atoms with E-state index in [2.05, 4.69) is 17.2 Å². The fourth-order valence-electron chi connectivity index (χ4n) is 1.97. The molecular weight excluding hydrogens is 188 g/mol. The molecule has 0 bridgehead atoms. The summed E-state index contributed by atoms with van der Waals surface area (Å²) in [6, 6.07) is 0.644. The first-order chi connectivity index (χ1) is 7.33. The molecule has 0 aromatic heterocycles. The van der Waals surface area contributed by atoms with Gasteiger partial charge in [0.1, 0.15) is 0 Å². The number of hydrogen-bond acceptors (Lipinski definition) is 2. The molecule has 0 atom stereocenters. The van der Waals surface area contributed by atoms with Gasteiger partial charge in [-0.1, -0.05) is 25.3 Å². The largest absolute Gasteiger partial charge is 0.353 e. The lowest BCUT2D eigenvalue weighted by Gasteiger charge is -2.22. The number of rotatable bonds is 6. The molecule has 0 radical (unpaired) electrons. The highest BCUT2D eigenvalue weighted by Gasteiger charge is 2.12. The minimum absolute atomic E-state index is 0.109. The Balaban J connectivity index is 1.99. The summed E-state index contributed by atoms with van der Waals surface area (Å²) in [7, 11) is 0. The summed E-state index contributed by atoms with van der Waals surface area (Å²) < 4.78 is 0. The van der Waals surface area contributed by atoms with Crippen LogP contribution in [0, 0.1) is 0 Å². The van der Waals surface area contributed by atoms with Crippen LogP contribution in [-0.4, -0.2) is 25.0 Å². The predicted octanol–water partition coefficient (Wildman–Crippen LogP) is 1.60. The van der Waals surface area contributed by atoms with Crippen LogP contribution in [0.5, 0.6) is 0 Å². The maximum atomic E-state index is 11.2. The van der Waals surface area contributed by atoms with Crippen LogP contribution in [0.2, 0.25) is 0 Å². The van der Waals surface area contributed by atoms with Crippen LogP contribution in [0.4, 0.5) is 0 Å². The van der Waals surface area contributed by atoms with Crippen molar-refractivity contribution in [3.05, 3.63) is 12.7 Å². The van der Waals surface area contributed by atoms with E-state index in [4.69, 9.17) is 0 Å². The fraction of sp³-hybridized carbons (Fsp3) is 0.750. The summed E-state index contributed by atoms with van der Waals surface area (Å²) >= 11 is 0. The molecule has 1 fully saturated rings. The van der Waals surface area contributed by atoms with E-state index in [1.807, 2.05) is 0 Å². The highest BCUT2D eigenvalue weighted by atomic mass is 16.1. The van der Waals surface area contributed by atoms with Crippen molar-refractivity contribution in [3.63, 3.8) is 0 Å². The van der Waals surface area contributed by atoms with E-state index in [9.17, 15) is 4.79 Å². The van der Waals surface area contributed by atoms with Gasteiger partial charge in [-0.3, -0.25) is 4.79 Å². The van der Waals surface area contributed by atoms with Crippen molar-refractivity contribution < 1.29 is 4.79 Å². The van der Waals surface area contributed by atoms with Gasteiger partial charge in [0, 0.05) is 25.6 Å². The van der Waals surface area contributed by atoms with Crippen LogP contribution in [-0.2, 0) is 4.79 Å². The standard InChI is InChI=1S/C12H22N2O/c1-2-9-14-12(15)8-10-13-11-6-4-3-5-7-11/h2,11,13H,1,3-10H2,(H,14,15). The lowest BCUT2D eigenvalue weighted by atomic mass is 9.95. The molecule has 0 aromatic carbocycles. The van der Waals surface area contributed by atoms with Crippen molar-refractivity contribution in [3.8, 4) is 0 Å². The van der Waals surface area contributed by atoms with Gasteiger partial charge >= 0.3 is 0 Å². The van der Waals surface area contributed by atoms with E-state index < -0.39 is 0 Å². The second kappa shape index (κ2) is 7.46. The molecule has 0 aliphatic heterocycles. The third kappa shape index (κ3) is 5.57. The van der Waals surface area contributed by atoms with Gasteiger partial charge in [-0.2, -0.15) is 0 Å². The number of hydrogen-bond donors (Lipinski definition) is 2. The molecule has 1 amide bonds. The molecule has 1 saturated carbocycles. The first-order valence-corrected chi connectivity index (χ1v) is 5.94. The van der Waals surface area contributed by atoms with E-state index in [0.717, 1.165) is 6.54 Å². The molecule has 1 aliphatic carbocycles. The topological polar surface area (TPSA) is 41.1 Å². The summed E-state index contributed by atoms with van der Waals surface area (Å²) in [4.78, 5) is 11.2. The van der Waals surface area contributed by atoms with Gasteiger partial charge in [-0.15, -0.1) is 6.58 Å². The Bertz CT molecular complexity index is 198. The van der Waals surface area contributed by atoms with Crippen LogP contribution in [0.1, 0.15) is 38.5 Å². The van der Waals surface area contributed by atoms with Gasteiger partial charge in [-0.05, 0) is 12.8 Å². The van der Waals surface area contributed by atoms with E-state index in [1.165, 1.54) is 32.1 Å². The molecule has 0 aromatic rings. The Labute approximate surface area is 92.3 Å². The van der Waals surface area contributed by atoms with Crippen LogP contribution < -0.4 is 10.6 Å². The van der Waals surface area contributed by atoms with E-state index in [0.29, 0.717) is 19.0 Å². The van der Waals surface area contributed by atoms with Gasteiger partial charge in [0.15, 0.2) is 0 Å².